The minimum atomic E-state index is -1.96. The first kappa shape index (κ1) is 42.3. The zero-order chi connectivity index (χ0) is 41.7. The van der Waals surface area contributed by atoms with Gasteiger partial charge in [0.15, 0.2) is 24.8 Å². The lowest BCUT2D eigenvalue weighted by atomic mass is 9.94. The van der Waals surface area contributed by atoms with Crippen LogP contribution in [0.2, 0.25) is 0 Å². The fourth-order valence-electron chi connectivity index (χ4n) is 7.32. The molecule has 17 heteroatoms. The molecular weight excluding hydrogens is 776 g/mol. The normalized spacial score (nSPS) is 34.0. The lowest BCUT2D eigenvalue weighted by molar-refractivity contribution is -0.416. The van der Waals surface area contributed by atoms with Crippen molar-refractivity contribution < 1.29 is 80.8 Å². The van der Waals surface area contributed by atoms with Gasteiger partial charge in [0, 0.05) is 21.0 Å². The zero-order valence-electron chi connectivity index (χ0n) is 33.0. The molecule has 0 aliphatic carbocycles. The monoisotopic (exact) mass is 822 g/mol. The van der Waals surface area contributed by atoms with Gasteiger partial charge >= 0.3 is 23.9 Å². The summed E-state index contributed by atoms with van der Waals surface area (Å²) in [5, 5.41) is 0. The molecule has 12 atom stereocenters. The van der Waals surface area contributed by atoms with E-state index in [0.29, 0.717) is 0 Å². The van der Waals surface area contributed by atoms with Crippen molar-refractivity contribution in [3.8, 4) is 0 Å². The molecule has 0 N–H and O–H groups in total. The van der Waals surface area contributed by atoms with Crippen LogP contribution in [0.4, 0.5) is 0 Å². The molecule has 4 aliphatic heterocycles. The van der Waals surface area contributed by atoms with E-state index in [0.717, 1.165) is 5.56 Å². The van der Waals surface area contributed by atoms with E-state index in [2.05, 4.69) is 0 Å². The van der Waals surface area contributed by atoms with Crippen molar-refractivity contribution in [2.75, 3.05) is 34.5 Å². The van der Waals surface area contributed by atoms with Gasteiger partial charge in [-0.2, -0.15) is 0 Å². The average Bonchev–Trinajstić information content (AvgIpc) is 3.27. The van der Waals surface area contributed by atoms with Gasteiger partial charge in [-0.1, -0.05) is 66.7 Å². The first-order valence-electron chi connectivity index (χ1n) is 18.9. The molecule has 17 nitrogen and oxygen atoms in total. The van der Waals surface area contributed by atoms with Gasteiger partial charge in [0.1, 0.15) is 36.6 Å². The number of carbonyl (C=O) groups is 4. The molecule has 3 aromatic carbocycles. The van der Waals surface area contributed by atoms with Crippen LogP contribution < -0.4 is 0 Å². The summed E-state index contributed by atoms with van der Waals surface area (Å²) in [6, 6.07) is 25.7. The van der Waals surface area contributed by atoms with Crippen LogP contribution in [0.3, 0.4) is 0 Å². The molecule has 4 saturated heterocycles. The zero-order valence-corrected chi connectivity index (χ0v) is 33.0. The van der Waals surface area contributed by atoms with Crippen molar-refractivity contribution in [2.24, 2.45) is 0 Å². The summed E-state index contributed by atoms with van der Waals surface area (Å²) in [5.74, 6) is -7.01. The number of rotatable bonds is 12. The highest BCUT2D eigenvalue weighted by Gasteiger charge is 2.61. The SMILES string of the molecule is COC(=O)[C@@]1(C)OC[C@H]2O[C@@H](O[C@@H]3[C@@H](OC(=O)c4ccccc4)[C@@H](OCc4ccccc4)O[C@@H]4CO[C@](C)(C(=O)OC)O[C@@H]34)[C@H](OC(=O)c3ccccc3)[C@@H](OC)[C@@H]2O1. The highest BCUT2D eigenvalue weighted by atomic mass is 16.8. The maximum Gasteiger partial charge on any atom is 0.366 e. The maximum atomic E-state index is 13.9. The standard InChI is InChI=1S/C42H46O17/c1-41(39(45)48-4)51-22-27-29(58-41)31(47-3)33(55-35(43)25-17-11-7-12-18-25)38(54-27)57-32-30-28(23-52-42(2,59-30)40(46)49-5)53-37(50-21-24-15-9-6-10-16-24)34(32)56-36(44)26-19-13-8-14-20-26/h6-20,27-34,37-38H,21-23H2,1-5H3/t27-,28-,29-,30-,31+,32+,33-,34-,37+,38+,41+,42+/m1/s1. The summed E-state index contributed by atoms with van der Waals surface area (Å²) in [6.07, 6.45) is -12.5. The third-order valence-electron chi connectivity index (χ3n) is 10.4. The Balaban J connectivity index is 1.29. The van der Waals surface area contributed by atoms with Crippen molar-refractivity contribution in [3.05, 3.63) is 108 Å². The number of esters is 4. The lowest BCUT2D eigenvalue weighted by Crippen LogP contribution is -2.71. The van der Waals surface area contributed by atoms with Crippen molar-refractivity contribution in [2.45, 2.75) is 93.4 Å². The molecule has 4 aliphatic rings. The first-order valence-corrected chi connectivity index (χ1v) is 18.9. The third-order valence-corrected chi connectivity index (χ3v) is 10.4. The van der Waals surface area contributed by atoms with Crippen LogP contribution in [0.25, 0.3) is 0 Å². The summed E-state index contributed by atoms with van der Waals surface area (Å²) < 4.78 is 78.5. The number of benzene rings is 3. The molecule has 7 rings (SSSR count). The average molecular weight is 823 g/mol. The quantitative estimate of drug-likeness (QED) is 0.191. The Morgan fingerprint density at radius 3 is 1.51 bits per heavy atom. The number of fused-ring (bicyclic) bond motifs is 2. The van der Waals surface area contributed by atoms with Crippen molar-refractivity contribution in [3.63, 3.8) is 0 Å². The number of carbonyl (C=O) groups excluding carboxylic acids is 4. The molecule has 0 saturated carbocycles. The summed E-state index contributed by atoms with van der Waals surface area (Å²) in [4.78, 5) is 53.5. The van der Waals surface area contributed by atoms with E-state index in [9.17, 15) is 19.2 Å². The van der Waals surface area contributed by atoms with Crippen LogP contribution >= 0.6 is 0 Å². The molecule has 4 fully saturated rings. The van der Waals surface area contributed by atoms with Crippen LogP contribution in [-0.2, 0) is 77.8 Å². The molecule has 316 valence electrons. The molecule has 0 radical (unpaired) electrons. The van der Waals surface area contributed by atoms with Gasteiger partial charge in [0.2, 0.25) is 0 Å². The van der Waals surface area contributed by atoms with Gasteiger partial charge in [-0.3, -0.25) is 0 Å². The van der Waals surface area contributed by atoms with E-state index in [1.807, 2.05) is 30.3 Å². The largest absolute Gasteiger partial charge is 0.465 e. The van der Waals surface area contributed by atoms with Gasteiger partial charge in [-0.05, 0) is 29.8 Å². The second-order valence-electron chi connectivity index (χ2n) is 14.3. The lowest BCUT2D eigenvalue weighted by Gasteiger charge is -2.53. The van der Waals surface area contributed by atoms with E-state index in [4.69, 9.17) is 61.6 Å². The molecular formula is C42H46O17. The highest BCUT2D eigenvalue weighted by Crippen LogP contribution is 2.41. The Morgan fingerprint density at radius 2 is 1.03 bits per heavy atom. The maximum absolute atomic E-state index is 13.9. The predicted octanol–water partition coefficient (Wildman–Crippen LogP) is 3.11. The molecule has 0 amide bonds. The number of methoxy groups -OCH3 is 3. The van der Waals surface area contributed by atoms with E-state index in [1.165, 1.54) is 35.2 Å². The van der Waals surface area contributed by atoms with E-state index < -0.39 is 96.9 Å². The second kappa shape index (κ2) is 18.2. The number of hydrogen-bond acceptors (Lipinski definition) is 17. The van der Waals surface area contributed by atoms with E-state index >= 15 is 0 Å². The molecule has 4 heterocycles. The van der Waals surface area contributed by atoms with Crippen molar-refractivity contribution in [1.82, 2.24) is 0 Å². The second-order valence-corrected chi connectivity index (χ2v) is 14.3. The predicted molar refractivity (Wildman–Crippen MR) is 198 cm³/mol. The fraction of sp³-hybridized carbons (Fsp3) is 0.476. The Hall–Kier alpha value is -4.82. The minimum Gasteiger partial charge on any atom is -0.465 e. The Kier molecular flexibility index (Phi) is 13.1. The molecule has 0 aromatic heterocycles. The smallest absolute Gasteiger partial charge is 0.366 e. The Labute approximate surface area is 339 Å². The van der Waals surface area contributed by atoms with Crippen LogP contribution in [0, 0.1) is 0 Å². The van der Waals surface area contributed by atoms with Crippen LogP contribution in [0.5, 0.6) is 0 Å². The van der Waals surface area contributed by atoms with Crippen molar-refractivity contribution >= 4 is 23.9 Å². The van der Waals surface area contributed by atoms with Gasteiger partial charge in [-0.25, -0.2) is 19.2 Å². The first-order chi connectivity index (χ1) is 28.5. The summed E-state index contributed by atoms with van der Waals surface area (Å²) in [6.45, 7) is 2.36. The Bertz CT molecular complexity index is 1920. The van der Waals surface area contributed by atoms with Gasteiger partial charge < -0.3 is 61.6 Å². The van der Waals surface area contributed by atoms with Crippen LogP contribution in [0.1, 0.15) is 40.1 Å². The topological polar surface area (TPSA) is 188 Å². The minimum absolute atomic E-state index is 0.0248. The summed E-state index contributed by atoms with van der Waals surface area (Å²) in [7, 11) is 3.74. The Morgan fingerprint density at radius 1 is 0.593 bits per heavy atom. The van der Waals surface area contributed by atoms with Gasteiger partial charge in [0.05, 0.1) is 45.2 Å². The molecule has 3 aromatic rings. The van der Waals surface area contributed by atoms with Crippen LogP contribution in [0.15, 0.2) is 91.0 Å². The van der Waals surface area contributed by atoms with Crippen LogP contribution in [-0.4, -0.2) is 131 Å². The molecule has 0 spiro atoms. The summed E-state index contributed by atoms with van der Waals surface area (Å²) >= 11 is 0. The number of hydrogen-bond donors (Lipinski definition) is 0. The highest BCUT2D eigenvalue weighted by molar-refractivity contribution is 5.90. The number of ether oxygens (including phenoxy) is 13. The fourth-order valence-corrected chi connectivity index (χ4v) is 7.32. The van der Waals surface area contributed by atoms with Crippen molar-refractivity contribution in [1.29, 1.82) is 0 Å². The molecule has 59 heavy (non-hydrogen) atoms. The van der Waals surface area contributed by atoms with Gasteiger partial charge in [-0.15, -0.1) is 0 Å². The third kappa shape index (κ3) is 9.03. The van der Waals surface area contributed by atoms with Gasteiger partial charge in [0.25, 0.3) is 11.6 Å². The van der Waals surface area contributed by atoms with E-state index in [1.54, 1.807) is 60.7 Å². The molecule has 0 unspecified atom stereocenters. The summed E-state index contributed by atoms with van der Waals surface area (Å²) in [5.41, 5.74) is 1.19. The molecule has 0 bridgehead atoms. The van der Waals surface area contributed by atoms with E-state index in [-0.39, 0.29) is 30.9 Å².